The van der Waals surface area contributed by atoms with Gasteiger partial charge in [-0.15, -0.1) is 11.3 Å². The van der Waals surface area contributed by atoms with Crippen LogP contribution in [0.5, 0.6) is 5.75 Å². The van der Waals surface area contributed by atoms with Crippen molar-refractivity contribution in [1.29, 1.82) is 5.26 Å². The number of rotatable bonds is 6. The lowest BCUT2D eigenvalue weighted by atomic mass is 10.0. The van der Waals surface area contributed by atoms with E-state index in [1.54, 1.807) is 11.3 Å². The van der Waals surface area contributed by atoms with Gasteiger partial charge in [-0.2, -0.15) is 5.26 Å². The third-order valence-electron chi connectivity index (χ3n) is 5.20. The predicted octanol–water partition coefficient (Wildman–Crippen LogP) is 5.73. The summed E-state index contributed by atoms with van der Waals surface area (Å²) in [5.74, 6) is 0.623. The molecule has 1 aliphatic carbocycles. The Kier molecular flexibility index (Phi) is 5.66. The standard InChI is InChI=1S/C24H25N3OS/c1-4-26-21-10-9-18-19(21)6-5-7-20(18)23-14-27-24(29-23)16-8-11-22(28-15(2)3)17(12-16)13-25/h5-8,11-12,14-15,21,26H,4,9-10H2,1-3H3. The lowest BCUT2D eigenvalue weighted by Gasteiger charge is -2.13. The molecule has 0 spiro atoms. The summed E-state index contributed by atoms with van der Waals surface area (Å²) >= 11 is 1.68. The van der Waals surface area contributed by atoms with E-state index in [1.165, 1.54) is 21.6 Å². The first-order valence-electron chi connectivity index (χ1n) is 10.1. The number of benzene rings is 2. The Morgan fingerprint density at radius 2 is 2.17 bits per heavy atom. The molecule has 29 heavy (non-hydrogen) atoms. The normalized spacial score (nSPS) is 15.3. The number of fused-ring (bicyclic) bond motifs is 1. The number of nitrogens with one attached hydrogen (secondary N) is 1. The van der Waals surface area contributed by atoms with E-state index in [0.29, 0.717) is 17.4 Å². The van der Waals surface area contributed by atoms with Crippen LogP contribution in [-0.2, 0) is 6.42 Å². The maximum Gasteiger partial charge on any atom is 0.137 e. The van der Waals surface area contributed by atoms with E-state index in [9.17, 15) is 5.26 Å². The quantitative estimate of drug-likeness (QED) is 0.571. The number of hydrogen-bond acceptors (Lipinski definition) is 5. The van der Waals surface area contributed by atoms with E-state index >= 15 is 0 Å². The van der Waals surface area contributed by atoms with Crippen molar-refractivity contribution in [2.75, 3.05) is 6.54 Å². The molecule has 0 saturated heterocycles. The molecule has 1 atom stereocenters. The smallest absolute Gasteiger partial charge is 0.137 e. The number of ether oxygens (including phenoxy) is 1. The van der Waals surface area contributed by atoms with Crippen LogP contribution < -0.4 is 10.1 Å². The number of nitriles is 1. The topological polar surface area (TPSA) is 57.9 Å². The fourth-order valence-electron chi connectivity index (χ4n) is 3.98. The van der Waals surface area contributed by atoms with Gasteiger partial charge in [-0.3, -0.25) is 0 Å². The van der Waals surface area contributed by atoms with Gasteiger partial charge in [0.05, 0.1) is 16.5 Å². The molecule has 4 nitrogen and oxygen atoms in total. The Balaban J connectivity index is 1.66. The zero-order chi connectivity index (χ0) is 20.4. The van der Waals surface area contributed by atoms with Crippen LogP contribution in [0.3, 0.4) is 0 Å². The third kappa shape index (κ3) is 3.91. The SMILES string of the molecule is CCNC1CCc2c(-c3cnc(-c4ccc(OC(C)C)c(C#N)c4)s3)cccc21. The highest BCUT2D eigenvalue weighted by Crippen LogP contribution is 2.41. The van der Waals surface area contributed by atoms with Crippen LogP contribution >= 0.6 is 11.3 Å². The molecule has 0 fully saturated rings. The molecular formula is C24H25N3OS. The molecule has 1 N–H and O–H groups in total. The van der Waals surface area contributed by atoms with Gasteiger partial charge >= 0.3 is 0 Å². The highest BCUT2D eigenvalue weighted by Gasteiger charge is 2.24. The molecule has 0 aliphatic heterocycles. The van der Waals surface area contributed by atoms with Crippen molar-refractivity contribution < 1.29 is 4.74 Å². The molecule has 0 radical (unpaired) electrons. The minimum atomic E-state index is 0.0330. The third-order valence-corrected chi connectivity index (χ3v) is 6.28. The van der Waals surface area contributed by atoms with Gasteiger partial charge in [0.1, 0.15) is 16.8 Å². The molecular weight excluding hydrogens is 378 g/mol. The first-order chi connectivity index (χ1) is 14.1. The number of aromatic nitrogens is 1. The van der Waals surface area contributed by atoms with Crippen LogP contribution in [0, 0.1) is 11.3 Å². The lowest BCUT2D eigenvalue weighted by Crippen LogP contribution is -2.18. The van der Waals surface area contributed by atoms with Crippen molar-refractivity contribution in [3.05, 3.63) is 59.3 Å². The van der Waals surface area contributed by atoms with Gasteiger partial charge in [0, 0.05) is 17.8 Å². The highest BCUT2D eigenvalue weighted by atomic mass is 32.1. The Bertz CT molecular complexity index is 1060. The van der Waals surface area contributed by atoms with Crippen molar-refractivity contribution in [2.45, 2.75) is 45.8 Å². The molecule has 5 heteroatoms. The summed E-state index contributed by atoms with van der Waals surface area (Å²) < 4.78 is 5.74. The molecule has 4 rings (SSSR count). The molecule has 1 aliphatic rings. The summed E-state index contributed by atoms with van der Waals surface area (Å²) in [6, 6.07) is 15.0. The first-order valence-corrected chi connectivity index (χ1v) is 10.9. The molecule has 1 aromatic heterocycles. The van der Waals surface area contributed by atoms with E-state index in [-0.39, 0.29) is 6.10 Å². The zero-order valence-electron chi connectivity index (χ0n) is 17.0. The molecule has 2 aromatic carbocycles. The monoisotopic (exact) mass is 403 g/mol. The second-order valence-electron chi connectivity index (χ2n) is 7.54. The summed E-state index contributed by atoms with van der Waals surface area (Å²) in [4.78, 5) is 5.84. The van der Waals surface area contributed by atoms with Crippen LogP contribution in [0.25, 0.3) is 21.0 Å². The summed E-state index contributed by atoms with van der Waals surface area (Å²) in [6.45, 7) is 7.06. The van der Waals surface area contributed by atoms with Crippen molar-refractivity contribution in [3.63, 3.8) is 0 Å². The second-order valence-corrected chi connectivity index (χ2v) is 8.57. The summed E-state index contributed by atoms with van der Waals surface area (Å²) in [7, 11) is 0. The van der Waals surface area contributed by atoms with Gasteiger partial charge in [0.2, 0.25) is 0 Å². The molecule has 3 aromatic rings. The van der Waals surface area contributed by atoms with Crippen molar-refractivity contribution >= 4 is 11.3 Å². The average molecular weight is 404 g/mol. The highest BCUT2D eigenvalue weighted by molar-refractivity contribution is 7.18. The predicted molar refractivity (Wildman–Crippen MR) is 118 cm³/mol. The van der Waals surface area contributed by atoms with Gasteiger partial charge in [0.25, 0.3) is 0 Å². The Morgan fingerprint density at radius 1 is 1.31 bits per heavy atom. The van der Waals surface area contributed by atoms with Crippen molar-refractivity contribution in [3.8, 4) is 32.8 Å². The first kappa shape index (κ1) is 19.6. The molecule has 1 unspecified atom stereocenters. The largest absolute Gasteiger partial charge is 0.490 e. The molecule has 0 saturated carbocycles. The summed E-state index contributed by atoms with van der Waals surface area (Å²) in [5, 5.41) is 14.0. The molecule has 148 valence electrons. The van der Waals surface area contributed by atoms with Crippen LogP contribution in [0.4, 0.5) is 0 Å². The van der Waals surface area contributed by atoms with Crippen molar-refractivity contribution in [2.24, 2.45) is 0 Å². The van der Waals surface area contributed by atoms with Gasteiger partial charge in [-0.1, -0.05) is 25.1 Å². The van der Waals surface area contributed by atoms with Crippen molar-refractivity contribution in [1.82, 2.24) is 10.3 Å². The van der Waals surface area contributed by atoms with Gasteiger partial charge < -0.3 is 10.1 Å². The van der Waals surface area contributed by atoms with Gasteiger partial charge in [-0.05, 0) is 68.1 Å². The summed E-state index contributed by atoms with van der Waals surface area (Å²) in [6.07, 6.45) is 4.23. The van der Waals surface area contributed by atoms with E-state index in [1.807, 2.05) is 38.2 Å². The summed E-state index contributed by atoms with van der Waals surface area (Å²) in [5.41, 5.74) is 5.63. The van der Waals surface area contributed by atoms with Gasteiger partial charge in [-0.25, -0.2) is 4.98 Å². The van der Waals surface area contributed by atoms with E-state index < -0.39 is 0 Å². The van der Waals surface area contributed by atoms with Gasteiger partial charge in [0.15, 0.2) is 0 Å². The Morgan fingerprint density at radius 3 is 2.93 bits per heavy atom. The van der Waals surface area contributed by atoms with E-state index in [2.05, 4.69) is 41.5 Å². The van der Waals surface area contributed by atoms with E-state index in [0.717, 1.165) is 30.0 Å². The lowest BCUT2D eigenvalue weighted by molar-refractivity contribution is 0.242. The second kappa shape index (κ2) is 8.36. The number of hydrogen-bond donors (Lipinski definition) is 1. The van der Waals surface area contributed by atoms with Crippen LogP contribution in [0.15, 0.2) is 42.6 Å². The molecule has 0 amide bonds. The minimum absolute atomic E-state index is 0.0330. The molecule has 1 heterocycles. The fraction of sp³-hybridized carbons (Fsp3) is 0.333. The number of nitrogens with zero attached hydrogens (tertiary/aromatic N) is 2. The van der Waals surface area contributed by atoms with Crippen LogP contribution in [0.1, 0.15) is 49.9 Å². The fourth-order valence-corrected chi connectivity index (χ4v) is 4.95. The average Bonchev–Trinajstić information content (AvgIpc) is 3.36. The maximum atomic E-state index is 9.51. The van der Waals surface area contributed by atoms with E-state index in [4.69, 9.17) is 4.74 Å². The maximum absolute atomic E-state index is 9.51. The Hall–Kier alpha value is -2.68. The minimum Gasteiger partial charge on any atom is -0.490 e. The Labute approximate surface area is 176 Å². The van der Waals surface area contributed by atoms with Crippen LogP contribution in [0.2, 0.25) is 0 Å². The number of thiazole rings is 1. The molecule has 0 bridgehead atoms. The zero-order valence-corrected chi connectivity index (χ0v) is 17.8. The van der Waals surface area contributed by atoms with Crippen LogP contribution in [-0.4, -0.2) is 17.6 Å².